The highest BCUT2D eigenvalue weighted by molar-refractivity contribution is 5.69. The zero-order chi connectivity index (χ0) is 28.3. The summed E-state index contributed by atoms with van der Waals surface area (Å²) < 4.78 is 32.6. The Hall–Kier alpha value is -0.730. The Morgan fingerprint density at radius 3 is 1.08 bits per heavy atom. The van der Waals surface area contributed by atoms with Crippen molar-refractivity contribution < 1.29 is 33.2 Å². The highest BCUT2D eigenvalue weighted by Gasteiger charge is 2.03. The SMILES string of the molecule is CCCCCCCCCCCCCCCC(=O)OCCOCCOCCOCCOCCOCCCCCC. The second-order valence-corrected chi connectivity index (χ2v) is 10.3. The number of ether oxygens (including phenoxy) is 6. The third-order valence-corrected chi connectivity index (χ3v) is 6.61. The minimum Gasteiger partial charge on any atom is -0.463 e. The summed E-state index contributed by atoms with van der Waals surface area (Å²) in [6, 6.07) is 0. The standard InChI is InChI=1S/C32H64O7/c1-3-5-7-9-10-11-12-13-14-15-16-17-18-20-32(33)39-31-30-38-29-28-37-27-26-36-25-24-35-23-22-34-21-19-8-6-4-2/h3-31H2,1-2H3. The smallest absolute Gasteiger partial charge is 0.305 e. The molecule has 0 aromatic carbocycles. The van der Waals surface area contributed by atoms with E-state index in [1.807, 2.05) is 0 Å². The Morgan fingerprint density at radius 2 is 0.667 bits per heavy atom. The molecule has 0 saturated carbocycles. The summed E-state index contributed by atoms with van der Waals surface area (Å²) >= 11 is 0. The molecule has 0 atom stereocenters. The first kappa shape index (κ1) is 38.3. The molecule has 0 aliphatic carbocycles. The topological polar surface area (TPSA) is 72.5 Å². The molecule has 0 rings (SSSR count). The van der Waals surface area contributed by atoms with E-state index in [4.69, 9.17) is 28.4 Å². The van der Waals surface area contributed by atoms with E-state index in [0.717, 1.165) is 25.9 Å². The molecule has 0 spiro atoms. The van der Waals surface area contributed by atoms with Crippen molar-refractivity contribution in [2.75, 3.05) is 72.7 Å². The molecule has 0 aliphatic heterocycles. The van der Waals surface area contributed by atoms with Crippen molar-refractivity contribution in [2.24, 2.45) is 0 Å². The molecular formula is C32H64O7. The van der Waals surface area contributed by atoms with Gasteiger partial charge in [-0.15, -0.1) is 0 Å². The van der Waals surface area contributed by atoms with Crippen molar-refractivity contribution in [1.82, 2.24) is 0 Å². The summed E-state index contributed by atoms with van der Waals surface area (Å²) in [5.41, 5.74) is 0. The van der Waals surface area contributed by atoms with E-state index in [1.54, 1.807) is 0 Å². The Kier molecular flexibility index (Phi) is 34.6. The molecule has 0 N–H and O–H groups in total. The third-order valence-electron chi connectivity index (χ3n) is 6.61. The molecule has 0 radical (unpaired) electrons. The molecule has 0 unspecified atom stereocenters. The van der Waals surface area contributed by atoms with Crippen LogP contribution in [0.25, 0.3) is 0 Å². The number of carbonyl (C=O) groups excluding carboxylic acids is 1. The lowest BCUT2D eigenvalue weighted by Gasteiger charge is -2.08. The maximum Gasteiger partial charge on any atom is 0.305 e. The van der Waals surface area contributed by atoms with Gasteiger partial charge in [0.05, 0.1) is 59.5 Å². The van der Waals surface area contributed by atoms with Gasteiger partial charge < -0.3 is 28.4 Å². The number of rotatable bonds is 34. The van der Waals surface area contributed by atoms with Crippen molar-refractivity contribution in [3.63, 3.8) is 0 Å². The van der Waals surface area contributed by atoms with Crippen LogP contribution < -0.4 is 0 Å². The van der Waals surface area contributed by atoms with Crippen LogP contribution in [0.2, 0.25) is 0 Å². The molecule has 7 nitrogen and oxygen atoms in total. The predicted octanol–water partition coefficient (Wildman–Crippen LogP) is 7.67. The number of carbonyl (C=O) groups is 1. The van der Waals surface area contributed by atoms with Crippen LogP contribution in [0.15, 0.2) is 0 Å². The first-order valence-corrected chi connectivity index (χ1v) is 16.4. The number of unbranched alkanes of at least 4 members (excludes halogenated alkanes) is 15. The quantitative estimate of drug-likeness (QED) is 0.0590. The van der Waals surface area contributed by atoms with E-state index in [9.17, 15) is 4.79 Å². The van der Waals surface area contributed by atoms with Gasteiger partial charge in [0.15, 0.2) is 0 Å². The maximum atomic E-state index is 11.8. The lowest BCUT2D eigenvalue weighted by Crippen LogP contribution is -2.15. The van der Waals surface area contributed by atoms with E-state index < -0.39 is 0 Å². The maximum absolute atomic E-state index is 11.8. The molecule has 0 heterocycles. The Bertz CT molecular complexity index is 462. The van der Waals surface area contributed by atoms with Gasteiger partial charge in [0.2, 0.25) is 0 Å². The lowest BCUT2D eigenvalue weighted by molar-refractivity contribution is -0.145. The predicted molar refractivity (Wildman–Crippen MR) is 160 cm³/mol. The normalized spacial score (nSPS) is 11.3. The zero-order valence-corrected chi connectivity index (χ0v) is 25.9. The van der Waals surface area contributed by atoms with Crippen LogP contribution in [-0.2, 0) is 33.2 Å². The molecular weight excluding hydrogens is 496 g/mol. The summed E-state index contributed by atoms with van der Waals surface area (Å²) in [6.07, 6.45) is 22.4. The Morgan fingerprint density at radius 1 is 0.359 bits per heavy atom. The van der Waals surface area contributed by atoms with Gasteiger partial charge >= 0.3 is 5.97 Å². The first-order valence-electron chi connectivity index (χ1n) is 16.4. The molecule has 234 valence electrons. The van der Waals surface area contributed by atoms with Crippen molar-refractivity contribution in [3.05, 3.63) is 0 Å². The molecule has 0 bridgehead atoms. The average Bonchev–Trinajstić information content (AvgIpc) is 2.94. The number of esters is 1. The number of hydrogen-bond donors (Lipinski definition) is 0. The van der Waals surface area contributed by atoms with Crippen molar-refractivity contribution in [1.29, 1.82) is 0 Å². The van der Waals surface area contributed by atoms with Gasteiger partial charge in [-0.2, -0.15) is 0 Å². The van der Waals surface area contributed by atoms with Gasteiger partial charge in [0, 0.05) is 13.0 Å². The van der Waals surface area contributed by atoms with Gasteiger partial charge in [-0.3, -0.25) is 4.79 Å². The van der Waals surface area contributed by atoms with E-state index in [1.165, 1.54) is 89.9 Å². The fraction of sp³-hybridized carbons (Fsp3) is 0.969. The van der Waals surface area contributed by atoms with E-state index >= 15 is 0 Å². The second-order valence-electron chi connectivity index (χ2n) is 10.3. The van der Waals surface area contributed by atoms with Gasteiger partial charge in [0.25, 0.3) is 0 Å². The van der Waals surface area contributed by atoms with Crippen LogP contribution in [-0.4, -0.2) is 78.6 Å². The van der Waals surface area contributed by atoms with Crippen molar-refractivity contribution >= 4 is 5.97 Å². The van der Waals surface area contributed by atoms with Gasteiger partial charge in [-0.1, -0.05) is 110 Å². The average molecular weight is 561 g/mol. The fourth-order valence-electron chi connectivity index (χ4n) is 4.19. The van der Waals surface area contributed by atoms with Crippen LogP contribution in [0, 0.1) is 0 Å². The summed E-state index contributed by atoms with van der Waals surface area (Å²) in [5, 5.41) is 0. The fourth-order valence-corrected chi connectivity index (χ4v) is 4.19. The van der Waals surface area contributed by atoms with Crippen LogP contribution in [0.4, 0.5) is 0 Å². The van der Waals surface area contributed by atoms with Crippen molar-refractivity contribution in [2.45, 2.75) is 129 Å². The van der Waals surface area contributed by atoms with Crippen molar-refractivity contribution in [3.8, 4) is 0 Å². The zero-order valence-electron chi connectivity index (χ0n) is 25.9. The molecule has 0 aromatic rings. The van der Waals surface area contributed by atoms with Gasteiger partial charge in [-0.25, -0.2) is 0 Å². The van der Waals surface area contributed by atoms with Crippen LogP contribution in [0.1, 0.15) is 129 Å². The largest absolute Gasteiger partial charge is 0.463 e. The summed E-state index contributed by atoms with van der Waals surface area (Å²) in [6.45, 7) is 10.5. The van der Waals surface area contributed by atoms with Crippen LogP contribution in [0.5, 0.6) is 0 Å². The summed E-state index contributed by atoms with van der Waals surface area (Å²) in [5.74, 6) is -0.117. The Labute approximate surface area is 241 Å². The van der Waals surface area contributed by atoms with Crippen LogP contribution >= 0.6 is 0 Å². The molecule has 0 fully saturated rings. The molecule has 0 saturated heterocycles. The summed E-state index contributed by atoms with van der Waals surface area (Å²) in [4.78, 5) is 11.8. The molecule has 7 heteroatoms. The highest BCUT2D eigenvalue weighted by Crippen LogP contribution is 2.13. The molecule has 0 aliphatic rings. The molecule has 0 amide bonds. The minimum atomic E-state index is -0.117. The lowest BCUT2D eigenvalue weighted by atomic mass is 10.0. The highest BCUT2D eigenvalue weighted by atomic mass is 16.6. The summed E-state index contributed by atoms with van der Waals surface area (Å²) in [7, 11) is 0. The van der Waals surface area contributed by atoms with Gasteiger partial charge in [-0.05, 0) is 12.8 Å². The molecule has 0 aromatic heterocycles. The first-order chi connectivity index (χ1) is 19.3. The van der Waals surface area contributed by atoms with Gasteiger partial charge in [0.1, 0.15) is 6.61 Å². The Balaban J connectivity index is 3.13. The third kappa shape index (κ3) is 35.2. The molecule has 39 heavy (non-hydrogen) atoms. The van der Waals surface area contributed by atoms with Crippen LogP contribution in [0.3, 0.4) is 0 Å². The van der Waals surface area contributed by atoms with E-state index in [2.05, 4.69) is 13.8 Å². The van der Waals surface area contributed by atoms with E-state index in [-0.39, 0.29) is 5.97 Å². The second kappa shape index (κ2) is 35.3. The number of hydrogen-bond acceptors (Lipinski definition) is 7. The van der Waals surface area contributed by atoms with E-state index in [0.29, 0.717) is 72.5 Å². The minimum absolute atomic E-state index is 0.117. The monoisotopic (exact) mass is 560 g/mol.